The molecule has 0 fully saturated rings. The van der Waals surface area contributed by atoms with Crippen LogP contribution in [0.4, 0.5) is 0 Å². The van der Waals surface area contributed by atoms with E-state index in [4.69, 9.17) is 4.74 Å². The number of benzene rings is 1. The average Bonchev–Trinajstić information content (AvgIpc) is 2.91. The maximum absolute atomic E-state index is 11.8. The number of methoxy groups -OCH3 is 1. The van der Waals surface area contributed by atoms with Crippen LogP contribution in [-0.2, 0) is 21.5 Å². The Bertz CT molecular complexity index is 659. The van der Waals surface area contributed by atoms with Crippen molar-refractivity contribution in [3.05, 3.63) is 47.0 Å². The molecule has 0 radical (unpaired) electrons. The largest absolute Gasteiger partial charge is 0.468 e. The van der Waals surface area contributed by atoms with Crippen LogP contribution in [-0.4, -0.2) is 27.8 Å². The molecule has 0 aliphatic rings. The van der Waals surface area contributed by atoms with E-state index >= 15 is 0 Å². The van der Waals surface area contributed by atoms with Crippen LogP contribution in [0.1, 0.15) is 36.4 Å². The van der Waals surface area contributed by atoms with E-state index < -0.39 is 5.41 Å². The van der Waals surface area contributed by atoms with Crippen molar-refractivity contribution < 1.29 is 9.53 Å². The molecule has 1 heterocycles. The Morgan fingerprint density at radius 2 is 2.00 bits per heavy atom. The first-order chi connectivity index (χ1) is 9.84. The normalized spacial score (nSPS) is 11.5. The second-order valence-electron chi connectivity index (χ2n) is 5.80. The fraction of sp³-hybridized carbons (Fsp3) is 0.438. The summed E-state index contributed by atoms with van der Waals surface area (Å²) in [6.07, 6.45) is 1.65. The Kier molecular flexibility index (Phi) is 4.11. The van der Waals surface area contributed by atoms with Gasteiger partial charge in [-0.1, -0.05) is 18.2 Å². The van der Waals surface area contributed by atoms with Gasteiger partial charge in [0.15, 0.2) is 5.82 Å². The third-order valence-corrected chi connectivity index (χ3v) is 3.71. The Balaban J connectivity index is 2.20. The quantitative estimate of drug-likeness (QED) is 0.810. The minimum atomic E-state index is -0.844. The second kappa shape index (κ2) is 5.68. The van der Waals surface area contributed by atoms with Gasteiger partial charge in [0.25, 0.3) is 0 Å². The first kappa shape index (κ1) is 15.2. The number of rotatable bonds is 4. The molecule has 112 valence electrons. The van der Waals surface area contributed by atoms with Crippen LogP contribution in [0.2, 0.25) is 0 Å². The summed E-state index contributed by atoms with van der Waals surface area (Å²) in [6, 6.07) is 6.32. The number of esters is 1. The average molecular weight is 287 g/mol. The molecule has 0 saturated carbocycles. The highest BCUT2D eigenvalue weighted by molar-refractivity contribution is 5.80. The van der Waals surface area contributed by atoms with E-state index in [0.29, 0.717) is 12.4 Å². The number of carbonyl (C=O) groups excluding carboxylic acids is 1. The lowest BCUT2D eigenvalue weighted by atomic mass is 9.93. The van der Waals surface area contributed by atoms with Crippen LogP contribution in [0.25, 0.3) is 0 Å². The second-order valence-corrected chi connectivity index (χ2v) is 5.80. The van der Waals surface area contributed by atoms with Crippen molar-refractivity contribution in [1.82, 2.24) is 14.8 Å². The van der Waals surface area contributed by atoms with Crippen LogP contribution in [0.15, 0.2) is 24.5 Å². The molecule has 1 aromatic heterocycles. The molecule has 0 saturated heterocycles. The van der Waals surface area contributed by atoms with Gasteiger partial charge in [-0.05, 0) is 44.4 Å². The summed E-state index contributed by atoms with van der Waals surface area (Å²) in [7, 11) is 1.37. The van der Waals surface area contributed by atoms with E-state index in [9.17, 15) is 4.79 Å². The SMILES string of the molecule is COC(=O)C(C)(C)c1ncn(Cc2ccc(C)c(C)c2)n1. The first-order valence-electron chi connectivity index (χ1n) is 6.89. The van der Waals surface area contributed by atoms with Crippen LogP contribution in [0.5, 0.6) is 0 Å². The summed E-state index contributed by atoms with van der Waals surface area (Å²) in [5, 5.41) is 4.40. The van der Waals surface area contributed by atoms with Gasteiger partial charge in [0, 0.05) is 0 Å². The van der Waals surface area contributed by atoms with Gasteiger partial charge in [0.1, 0.15) is 11.7 Å². The number of nitrogens with zero attached hydrogens (tertiary/aromatic N) is 3. The van der Waals surface area contributed by atoms with Crippen LogP contribution < -0.4 is 0 Å². The molecule has 0 aliphatic heterocycles. The zero-order valence-electron chi connectivity index (χ0n) is 13.2. The summed E-state index contributed by atoms with van der Waals surface area (Å²) in [4.78, 5) is 16.0. The molecule has 0 N–H and O–H groups in total. The van der Waals surface area contributed by atoms with Gasteiger partial charge < -0.3 is 4.74 Å². The number of ether oxygens (including phenoxy) is 1. The standard InChI is InChI=1S/C16H21N3O2/c1-11-6-7-13(8-12(11)2)9-19-10-17-14(18-19)16(3,4)15(20)21-5/h6-8,10H,9H2,1-5H3. The molecular formula is C16H21N3O2. The van der Waals surface area contributed by atoms with Crippen molar-refractivity contribution in [2.24, 2.45) is 0 Å². The molecule has 5 heteroatoms. The maximum atomic E-state index is 11.8. The van der Waals surface area contributed by atoms with Gasteiger partial charge in [0.2, 0.25) is 0 Å². The Morgan fingerprint density at radius 3 is 2.62 bits per heavy atom. The summed E-state index contributed by atoms with van der Waals surface area (Å²) in [5.74, 6) is 0.129. The van der Waals surface area contributed by atoms with E-state index in [1.54, 1.807) is 24.9 Å². The smallest absolute Gasteiger partial charge is 0.319 e. The highest BCUT2D eigenvalue weighted by atomic mass is 16.5. The maximum Gasteiger partial charge on any atom is 0.319 e. The number of hydrogen-bond donors (Lipinski definition) is 0. The van der Waals surface area contributed by atoms with Crippen LogP contribution in [0, 0.1) is 13.8 Å². The third kappa shape index (κ3) is 3.12. The predicted octanol–water partition coefficient (Wildman–Crippen LogP) is 2.39. The zero-order valence-corrected chi connectivity index (χ0v) is 13.2. The summed E-state index contributed by atoms with van der Waals surface area (Å²) in [6.45, 7) is 8.33. The predicted molar refractivity (Wildman–Crippen MR) is 80.1 cm³/mol. The van der Waals surface area contributed by atoms with Gasteiger partial charge in [-0.15, -0.1) is 0 Å². The summed E-state index contributed by atoms with van der Waals surface area (Å²) < 4.78 is 6.54. The number of aryl methyl sites for hydroxylation is 2. The van der Waals surface area contributed by atoms with E-state index in [1.165, 1.54) is 18.2 Å². The molecule has 0 bridgehead atoms. The molecular weight excluding hydrogens is 266 g/mol. The van der Waals surface area contributed by atoms with Crippen molar-refractivity contribution in [3.63, 3.8) is 0 Å². The number of carbonyl (C=O) groups is 1. The van der Waals surface area contributed by atoms with E-state index in [-0.39, 0.29) is 5.97 Å². The van der Waals surface area contributed by atoms with E-state index in [2.05, 4.69) is 42.1 Å². The topological polar surface area (TPSA) is 57.0 Å². The molecule has 0 amide bonds. The van der Waals surface area contributed by atoms with Crippen LogP contribution >= 0.6 is 0 Å². The minimum absolute atomic E-state index is 0.341. The molecule has 21 heavy (non-hydrogen) atoms. The molecule has 1 aromatic carbocycles. The Labute approximate surface area is 125 Å². The van der Waals surface area contributed by atoms with Crippen molar-refractivity contribution in [2.75, 3.05) is 7.11 Å². The number of aromatic nitrogens is 3. The molecule has 5 nitrogen and oxygen atoms in total. The summed E-state index contributed by atoms with van der Waals surface area (Å²) in [5.41, 5.74) is 2.83. The molecule has 0 unspecified atom stereocenters. The third-order valence-electron chi connectivity index (χ3n) is 3.71. The van der Waals surface area contributed by atoms with Gasteiger partial charge in [-0.3, -0.25) is 4.79 Å². The van der Waals surface area contributed by atoms with Crippen molar-refractivity contribution in [3.8, 4) is 0 Å². The molecule has 2 rings (SSSR count). The minimum Gasteiger partial charge on any atom is -0.468 e. The van der Waals surface area contributed by atoms with Gasteiger partial charge in [-0.2, -0.15) is 5.10 Å². The lowest BCUT2D eigenvalue weighted by molar-refractivity contribution is -0.146. The van der Waals surface area contributed by atoms with Crippen molar-refractivity contribution in [2.45, 2.75) is 39.7 Å². The molecule has 0 atom stereocenters. The fourth-order valence-electron chi connectivity index (χ4n) is 2.09. The van der Waals surface area contributed by atoms with Crippen molar-refractivity contribution >= 4 is 5.97 Å². The lowest BCUT2D eigenvalue weighted by Gasteiger charge is -2.17. The number of hydrogen-bond acceptors (Lipinski definition) is 4. The zero-order chi connectivity index (χ0) is 15.6. The highest BCUT2D eigenvalue weighted by Crippen LogP contribution is 2.21. The Hall–Kier alpha value is -2.17. The van der Waals surface area contributed by atoms with E-state index in [1.807, 2.05) is 0 Å². The van der Waals surface area contributed by atoms with E-state index in [0.717, 1.165) is 5.56 Å². The van der Waals surface area contributed by atoms with Crippen molar-refractivity contribution in [1.29, 1.82) is 0 Å². The first-order valence-corrected chi connectivity index (χ1v) is 6.89. The van der Waals surface area contributed by atoms with Gasteiger partial charge in [-0.25, -0.2) is 9.67 Å². The molecule has 0 spiro atoms. The van der Waals surface area contributed by atoms with Crippen LogP contribution in [0.3, 0.4) is 0 Å². The molecule has 2 aromatic rings. The monoisotopic (exact) mass is 287 g/mol. The molecule has 0 aliphatic carbocycles. The van der Waals surface area contributed by atoms with Gasteiger partial charge >= 0.3 is 5.97 Å². The van der Waals surface area contributed by atoms with Gasteiger partial charge in [0.05, 0.1) is 13.7 Å². The Morgan fingerprint density at radius 1 is 1.29 bits per heavy atom. The lowest BCUT2D eigenvalue weighted by Crippen LogP contribution is -2.31. The fourth-order valence-corrected chi connectivity index (χ4v) is 2.09. The highest BCUT2D eigenvalue weighted by Gasteiger charge is 2.35. The summed E-state index contributed by atoms with van der Waals surface area (Å²) >= 11 is 0.